The lowest BCUT2D eigenvalue weighted by Gasteiger charge is -2.13. The van der Waals surface area contributed by atoms with Crippen molar-refractivity contribution in [2.75, 3.05) is 13.2 Å². The van der Waals surface area contributed by atoms with Crippen molar-refractivity contribution >= 4 is 78.2 Å². The summed E-state index contributed by atoms with van der Waals surface area (Å²) in [5.41, 5.74) is 9.33. The average Bonchev–Trinajstić information content (AvgIpc) is 3.95. The Labute approximate surface area is 313 Å². The molecule has 6 nitrogen and oxygen atoms in total. The second-order valence-electron chi connectivity index (χ2n) is 13.2. The van der Waals surface area contributed by atoms with Gasteiger partial charge < -0.3 is 19.4 Å². The summed E-state index contributed by atoms with van der Waals surface area (Å²) in [5, 5.41) is 0. The normalized spacial score (nSPS) is 12.2. The van der Waals surface area contributed by atoms with Crippen LogP contribution in [0.4, 0.5) is 0 Å². The molecule has 5 heterocycles. The summed E-state index contributed by atoms with van der Waals surface area (Å²) in [7, 11) is 0. The number of benzene rings is 1. The van der Waals surface area contributed by atoms with E-state index in [1.807, 2.05) is 30.4 Å². The summed E-state index contributed by atoms with van der Waals surface area (Å²) in [6.45, 7) is 5.90. The standard InChI is InChI=1S/C42H48Br2N4O2/c1-3-5-7-9-11-13-21-49-34-23-29(24-35(28-34)50-22-14-12-10-8-6-4-2)36-27-33-26-32-16-19-38(46-32)40(43)37-18-15-30(45-37)25-31-17-20-39(47-31)41(44)42(36)48-33/h15-20,23-28,46,48H,3-14,21-22H2,1-2H3. The van der Waals surface area contributed by atoms with Gasteiger partial charge in [-0.25, -0.2) is 9.97 Å². The third kappa shape index (κ3) is 9.58. The van der Waals surface area contributed by atoms with Crippen molar-refractivity contribution in [2.45, 2.75) is 90.9 Å². The number of ether oxygens (including phenoxy) is 2. The Bertz CT molecular complexity index is 1950. The molecular weight excluding hydrogens is 752 g/mol. The van der Waals surface area contributed by atoms with Crippen LogP contribution in [-0.4, -0.2) is 33.1 Å². The van der Waals surface area contributed by atoms with Crippen LogP contribution in [0, 0.1) is 0 Å². The molecule has 0 amide bonds. The fourth-order valence-corrected chi connectivity index (χ4v) is 7.35. The number of hydrogen-bond donors (Lipinski definition) is 2. The van der Waals surface area contributed by atoms with Crippen LogP contribution in [0.15, 0.2) is 57.5 Å². The second kappa shape index (κ2) is 18.0. The van der Waals surface area contributed by atoms with Crippen LogP contribution in [0.5, 0.6) is 11.5 Å². The van der Waals surface area contributed by atoms with Crippen molar-refractivity contribution in [3.63, 3.8) is 0 Å². The molecule has 2 aliphatic heterocycles. The van der Waals surface area contributed by atoms with Crippen LogP contribution in [-0.2, 0) is 0 Å². The van der Waals surface area contributed by atoms with Gasteiger partial charge in [0.25, 0.3) is 0 Å². The van der Waals surface area contributed by atoms with E-state index in [0.717, 1.165) is 89.3 Å². The fourth-order valence-electron chi connectivity index (χ4n) is 6.36. The minimum atomic E-state index is 0.694. The predicted octanol–water partition coefficient (Wildman–Crippen LogP) is 13.3. The molecule has 2 N–H and O–H groups in total. The van der Waals surface area contributed by atoms with Gasteiger partial charge in [-0.2, -0.15) is 0 Å². The van der Waals surface area contributed by atoms with Gasteiger partial charge in [-0.1, -0.05) is 78.1 Å². The molecule has 0 fully saturated rings. The van der Waals surface area contributed by atoms with Crippen LogP contribution in [0.25, 0.3) is 57.5 Å². The second-order valence-corrected chi connectivity index (χ2v) is 14.8. The van der Waals surface area contributed by atoms with Gasteiger partial charge in [0.1, 0.15) is 11.5 Å². The summed E-state index contributed by atoms with van der Waals surface area (Å²) in [6.07, 6.45) is 22.8. The molecule has 0 saturated carbocycles. The Balaban J connectivity index is 1.39. The van der Waals surface area contributed by atoms with E-state index in [1.165, 1.54) is 64.2 Å². The molecule has 50 heavy (non-hydrogen) atoms. The van der Waals surface area contributed by atoms with E-state index in [2.05, 4.69) is 98.1 Å². The van der Waals surface area contributed by atoms with Gasteiger partial charge in [-0.05, 0) is 117 Å². The highest BCUT2D eigenvalue weighted by molar-refractivity contribution is 9.11. The van der Waals surface area contributed by atoms with E-state index in [1.54, 1.807) is 0 Å². The molecule has 4 aromatic rings. The largest absolute Gasteiger partial charge is 0.493 e. The van der Waals surface area contributed by atoms with Crippen molar-refractivity contribution in [3.05, 3.63) is 80.3 Å². The van der Waals surface area contributed by atoms with E-state index in [0.29, 0.717) is 13.2 Å². The summed E-state index contributed by atoms with van der Waals surface area (Å²) in [6, 6.07) is 16.8. The number of hydrogen-bond acceptors (Lipinski definition) is 4. The molecule has 8 heteroatoms. The lowest BCUT2D eigenvalue weighted by Crippen LogP contribution is -2.01. The summed E-state index contributed by atoms with van der Waals surface area (Å²) in [4.78, 5) is 17.0. The van der Waals surface area contributed by atoms with E-state index >= 15 is 0 Å². The van der Waals surface area contributed by atoms with Crippen molar-refractivity contribution in [1.29, 1.82) is 0 Å². The number of H-pyrrole nitrogens is 2. The number of unbranched alkanes of at least 4 members (excludes halogenated alkanes) is 10. The van der Waals surface area contributed by atoms with Crippen LogP contribution in [0.3, 0.4) is 0 Å². The van der Waals surface area contributed by atoms with E-state index in [4.69, 9.17) is 19.4 Å². The van der Waals surface area contributed by atoms with Crippen LogP contribution in [0.1, 0.15) is 114 Å². The van der Waals surface area contributed by atoms with Crippen molar-refractivity contribution in [3.8, 4) is 22.6 Å². The van der Waals surface area contributed by atoms with Crippen molar-refractivity contribution in [2.24, 2.45) is 0 Å². The minimum absolute atomic E-state index is 0.694. The van der Waals surface area contributed by atoms with E-state index in [9.17, 15) is 0 Å². The first-order chi connectivity index (χ1) is 24.5. The van der Waals surface area contributed by atoms with Crippen LogP contribution in [0.2, 0.25) is 0 Å². The quantitative estimate of drug-likeness (QED) is 0.0901. The van der Waals surface area contributed by atoms with Gasteiger partial charge in [0.2, 0.25) is 0 Å². The molecule has 0 aliphatic carbocycles. The smallest absolute Gasteiger partial charge is 0.123 e. The fraction of sp³-hybridized carbons (Fsp3) is 0.381. The Morgan fingerprint density at radius 1 is 0.560 bits per heavy atom. The molecule has 1 aromatic carbocycles. The van der Waals surface area contributed by atoms with Crippen LogP contribution >= 0.6 is 31.9 Å². The highest BCUT2D eigenvalue weighted by atomic mass is 79.9. The lowest BCUT2D eigenvalue weighted by atomic mass is 10.1. The number of fused-ring (bicyclic) bond motifs is 8. The summed E-state index contributed by atoms with van der Waals surface area (Å²) < 4.78 is 14.6. The molecule has 0 spiro atoms. The highest BCUT2D eigenvalue weighted by Crippen LogP contribution is 2.37. The zero-order chi connectivity index (χ0) is 34.7. The number of rotatable bonds is 17. The molecular formula is C42H48Br2N4O2. The maximum atomic E-state index is 6.40. The summed E-state index contributed by atoms with van der Waals surface area (Å²) >= 11 is 7.72. The minimum Gasteiger partial charge on any atom is -0.493 e. The highest BCUT2D eigenvalue weighted by Gasteiger charge is 2.15. The first-order valence-electron chi connectivity index (χ1n) is 18.4. The number of halogens is 2. The van der Waals surface area contributed by atoms with Gasteiger partial charge in [0.05, 0.1) is 56.0 Å². The molecule has 0 atom stereocenters. The molecule has 8 bridgehead atoms. The first-order valence-corrected chi connectivity index (χ1v) is 20.0. The number of aromatic amines is 2. The monoisotopic (exact) mass is 798 g/mol. The molecule has 2 aliphatic rings. The molecule has 0 radical (unpaired) electrons. The molecule has 6 rings (SSSR count). The Hall–Kier alpha value is -3.62. The van der Waals surface area contributed by atoms with E-state index in [-0.39, 0.29) is 0 Å². The Kier molecular flexibility index (Phi) is 13.1. The maximum absolute atomic E-state index is 6.40. The Morgan fingerprint density at radius 2 is 1.14 bits per heavy atom. The lowest BCUT2D eigenvalue weighted by molar-refractivity contribution is 0.290. The number of nitrogens with one attached hydrogen (secondary N) is 2. The SMILES string of the molecule is CCCCCCCCOc1cc(OCCCCCCCC)cc(-c2cc3cc4ccc([nH]4)c(Br)c4nc(cc5nc(c(Br)c2[nH]3)C=C5)C=C4)c1. The molecule has 0 saturated heterocycles. The van der Waals surface area contributed by atoms with Gasteiger partial charge >= 0.3 is 0 Å². The third-order valence-electron chi connectivity index (χ3n) is 9.11. The summed E-state index contributed by atoms with van der Waals surface area (Å²) in [5.74, 6) is 1.67. The zero-order valence-corrected chi connectivity index (χ0v) is 32.5. The first kappa shape index (κ1) is 36.2. The van der Waals surface area contributed by atoms with Gasteiger partial charge in [0, 0.05) is 22.7 Å². The number of aromatic nitrogens is 4. The topological polar surface area (TPSA) is 75.8 Å². The molecule has 262 valence electrons. The van der Waals surface area contributed by atoms with Gasteiger partial charge in [-0.3, -0.25) is 0 Å². The third-order valence-corrected chi connectivity index (χ3v) is 10.7. The maximum Gasteiger partial charge on any atom is 0.123 e. The average molecular weight is 801 g/mol. The van der Waals surface area contributed by atoms with Gasteiger partial charge in [-0.15, -0.1) is 0 Å². The molecule has 3 aromatic heterocycles. The Morgan fingerprint density at radius 3 is 1.76 bits per heavy atom. The zero-order valence-electron chi connectivity index (χ0n) is 29.3. The van der Waals surface area contributed by atoms with Gasteiger partial charge in [0.15, 0.2) is 0 Å². The molecule has 0 unspecified atom stereocenters. The number of nitrogens with zero attached hydrogens (tertiary/aromatic N) is 2. The van der Waals surface area contributed by atoms with Crippen LogP contribution < -0.4 is 9.47 Å². The van der Waals surface area contributed by atoms with Crippen molar-refractivity contribution < 1.29 is 9.47 Å². The van der Waals surface area contributed by atoms with Crippen molar-refractivity contribution in [1.82, 2.24) is 19.9 Å². The van der Waals surface area contributed by atoms with E-state index < -0.39 is 0 Å². The predicted molar refractivity (Wildman–Crippen MR) is 217 cm³/mol.